The fourth-order valence-electron chi connectivity index (χ4n) is 3.19. The maximum absolute atomic E-state index is 13.2. The molecule has 2 aromatic heterocycles. The van der Waals surface area contributed by atoms with Crippen LogP contribution in [-0.4, -0.2) is 27.8 Å². The van der Waals surface area contributed by atoms with Crippen molar-refractivity contribution < 1.29 is 4.79 Å². The van der Waals surface area contributed by atoms with Gasteiger partial charge >= 0.3 is 0 Å². The Balaban J connectivity index is 1.52. The van der Waals surface area contributed by atoms with Gasteiger partial charge in [0.1, 0.15) is 4.83 Å². The van der Waals surface area contributed by atoms with Crippen LogP contribution in [0.25, 0.3) is 15.9 Å². The highest BCUT2D eigenvalue weighted by atomic mass is 32.2. The number of para-hydroxylation sites is 1. The van der Waals surface area contributed by atoms with E-state index in [0.717, 1.165) is 17.7 Å². The highest BCUT2D eigenvalue weighted by molar-refractivity contribution is 7.99. The van der Waals surface area contributed by atoms with E-state index in [1.807, 2.05) is 66.9 Å². The minimum absolute atomic E-state index is 0.0761. The lowest BCUT2D eigenvalue weighted by Crippen LogP contribution is -2.28. The number of hydrogen-bond acceptors (Lipinski definition) is 5. The number of rotatable bonds is 7. The molecular weight excluding hydrogens is 414 g/mol. The van der Waals surface area contributed by atoms with Gasteiger partial charge in [0.25, 0.3) is 5.56 Å². The van der Waals surface area contributed by atoms with Crippen molar-refractivity contribution in [2.75, 3.05) is 12.3 Å². The van der Waals surface area contributed by atoms with Gasteiger partial charge in [-0.25, -0.2) is 4.98 Å². The van der Waals surface area contributed by atoms with Gasteiger partial charge in [-0.15, -0.1) is 11.3 Å². The monoisotopic (exact) mass is 435 g/mol. The van der Waals surface area contributed by atoms with Crippen LogP contribution in [0.15, 0.2) is 76.0 Å². The molecule has 0 saturated carbocycles. The number of thiophene rings is 1. The van der Waals surface area contributed by atoms with E-state index in [1.54, 1.807) is 10.6 Å². The largest absolute Gasteiger partial charge is 0.355 e. The third kappa shape index (κ3) is 4.47. The number of fused-ring (bicyclic) bond motifs is 1. The fraction of sp³-hybridized carbons (Fsp3) is 0.174. The average Bonchev–Trinajstić information content (AvgIpc) is 3.23. The molecule has 0 bridgehead atoms. The first kappa shape index (κ1) is 20.4. The van der Waals surface area contributed by atoms with Crippen LogP contribution in [0.3, 0.4) is 0 Å². The normalized spacial score (nSPS) is 11.0. The molecule has 0 aliphatic carbocycles. The molecule has 5 nitrogen and oxygen atoms in total. The quantitative estimate of drug-likeness (QED) is 0.349. The fourth-order valence-corrected chi connectivity index (χ4v) is 4.83. The molecule has 2 aromatic carbocycles. The number of amides is 1. The van der Waals surface area contributed by atoms with Crippen LogP contribution in [0, 0.1) is 6.92 Å². The molecule has 0 aliphatic rings. The van der Waals surface area contributed by atoms with Crippen LogP contribution in [0.4, 0.5) is 0 Å². The maximum Gasteiger partial charge on any atom is 0.267 e. The third-order valence-electron chi connectivity index (χ3n) is 4.73. The summed E-state index contributed by atoms with van der Waals surface area (Å²) in [6, 6.07) is 19.5. The summed E-state index contributed by atoms with van der Waals surface area (Å²) < 4.78 is 1.62. The van der Waals surface area contributed by atoms with Gasteiger partial charge in [0.2, 0.25) is 5.91 Å². The highest BCUT2D eigenvalue weighted by Gasteiger charge is 2.16. The van der Waals surface area contributed by atoms with Gasteiger partial charge in [0.15, 0.2) is 5.16 Å². The molecule has 0 radical (unpaired) electrons. The van der Waals surface area contributed by atoms with Crippen LogP contribution in [-0.2, 0) is 11.2 Å². The summed E-state index contributed by atoms with van der Waals surface area (Å²) in [5.74, 6) is 0.122. The molecule has 4 aromatic rings. The van der Waals surface area contributed by atoms with Crippen molar-refractivity contribution in [3.05, 3.63) is 87.5 Å². The Morgan fingerprint density at radius 3 is 2.67 bits per heavy atom. The van der Waals surface area contributed by atoms with Gasteiger partial charge in [-0.2, -0.15) is 0 Å². The Bertz CT molecular complexity index is 1230. The minimum Gasteiger partial charge on any atom is -0.355 e. The zero-order valence-corrected chi connectivity index (χ0v) is 18.1. The van der Waals surface area contributed by atoms with Gasteiger partial charge in [-0.3, -0.25) is 14.2 Å². The number of benzene rings is 2. The molecule has 1 amide bonds. The maximum atomic E-state index is 13.2. The highest BCUT2D eigenvalue weighted by Crippen LogP contribution is 2.25. The number of thioether (sulfide) groups is 1. The van der Waals surface area contributed by atoms with Crippen molar-refractivity contribution in [3.8, 4) is 5.69 Å². The molecule has 0 aliphatic heterocycles. The lowest BCUT2D eigenvalue weighted by atomic mass is 10.1. The summed E-state index contributed by atoms with van der Waals surface area (Å²) in [5.41, 5.74) is 2.84. The van der Waals surface area contributed by atoms with Crippen molar-refractivity contribution in [1.82, 2.24) is 14.9 Å². The van der Waals surface area contributed by atoms with Gasteiger partial charge in [0, 0.05) is 6.54 Å². The van der Waals surface area contributed by atoms with Crippen LogP contribution < -0.4 is 10.9 Å². The van der Waals surface area contributed by atoms with Crippen LogP contribution in [0.1, 0.15) is 11.1 Å². The Morgan fingerprint density at radius 1 is 1.10 bits per heavy atom. The van der Waals surface area contributed by atoms with Crippen molar-refractivity contribution in [3.63, 3.8) is 0 Å². The number of aromatic nitrogens is 2. The molecule has 0 spiro atoms. The second-order valence-corrected chi connectivity index (χ2v) is 8.67. The summed E-state index contributed by atoms with van der Waals surface area (Å²) >= 11 is 2.71. The molecule has 0 unspecified atom stereocenters. The molecule has 30 heavy (non-hydrogen) atoms. The first-order valence-electron chi connectivity index (χ1n) is 9.63. The van der Waals surface area contributed by atoms with E-state index in [2.05, 4.69) is 10.3 Å². The predicted molar refractivity (Wildman–Crippen MR) is 124 cm³/mol. The Hall–Kier alpha value is -2.90. The van der Waals surface area contributed by atoms with Crippen LogP contribution >= 0.6 is 23.1 Å². The summed E-state index contributed by atoms with van der Waals surface area (Å²) in [6.07, 6.45) is 0.782. The number of carbonyl (C=O) groups excluding carboxylic acids is 1. The lowest BCUT2D eigenvalue weighted by molar-refractivity contribution is -0.118. The standard InChI is InChI=1S/C23H21N3O2S2/c1-16-7-5-6-10-19(16)26-22(28)18-12-14-29-21(18)25-23(26)30-15-20(27)24-13-11-17-8-3-2-4-9-17/h2-10,12,14H,11,13,15H2,1H3,(H,24,27). The van der Waals surface area contributed by atoms with Gasteiger partial charge in [0.05, 0.1) is 16.8 Å². The second-order valence-electron chi connectivity index (χ2n) is 6.84. The second kappa shape index (κ2) is 9.28. The number of nitrogens with zero attached hydrogens (tertiary/aromatic N) is 2. The van der Waals surface area contributed by atoms with E-state index in [-0.39, 0.29) is 17.2 Å². The van der Waals surface area contributed by atoms with E-state index < -0.39 is 0 Å². The molecule has 0 atom stereocenters. The molecule has 2 heterocycles. The Kier molecular flexibility index (Phi) is 6.30. The van der Waals surface area contributed by atoms with E-state index in [9.17, 15) is 9.59 Å². The molecule has 1 N–H and O–H groups in total. The first-order chi connectivity index (χ1) is 14.6. The zero-order chi connectivity index (χ0) is 20.9. The van der Waals surface area contributed by atoms with Gasteiger partial charge in [-0.1, -0.05) is 60.3 Å². The van der Waals surface area contributed by atoms with E-state index in [0.29, 0.717) is 21.9 Å². The number of nitrogens with one attached hydrogen (secondary N) is 1. The van der Waals surface area contributed by atoms with Crippen LogP contribution in [0.2, 0.25) is 0 Å². The van der Waals surface area contributed by atoms with E-state index >= 15 is 0 Å². The SMILES string of the molecule is Cc1ccccc1-n1c(SCC(=O)NCCc2ccccc2)nc2sccc2c1=O. The third-order valence-corrected chi connectivity index (χ3v) is 6.48. The minimum atomic E-state index is -0.109. The molecule has 7 heteroatoms. The lowest BCUT2D eigenvalue weighted by Gasteiger charge is -2.14. The zero-order valence-electron chi connectivity index (χ0n) is 16.5. The van der Waals surface area contributed by atoms with Crippen LogP contribution in [0.5, 0.6) is 0 Å². The molecule has 152 valence electrons. The predicted octanol–water partition coefficient (Wildman–Crippen LogP) is 4.21. The molecule has 0 saturated heterocycles. The number of carbonyl (C=O) groups is 1. The van der Waals surface area contributed by atoms with Gasteiger partial charge in [-0.05, 0) is 42.0 Å². The summed E-state index contributed by atoms with van der Waals surface area (Å²) in [4.78, 5) is 30.9. The number of aryl methyl sites for hydroxylation is 1. The van der Waals surface area contributed by atoms with E-state index in [4.69, 9.17) is 0 Å². The Labute approximate surface area is 182 Å². The summed E-state index contributed by atoms with van der Waals surface area (Å²) in [6.45, 7) is 2.54. The number of hydrogen-bond donors (Lipinski definition) is 1. The molecule has 0 fully saturated rings. The average molecular weight is 436 g/mol. The van der Waals surface area contributed by atoms with Crippen molar-refractivity contribution >= 4 is 39.2 Å². The Morgan fingerprint density at radius 2 is 1.87 bits per heavy atom. The van der Waals surface area contributed by atoms with Gasteiger partial charge < -0.3 is 5.32 Å². The summed E-state index contributed by atoms with van der Waals surface area (Å²) in [7, 11) is 0. The van der Waals surface area contributed by atoms with Crippen molar-refractivity contribution in [2.45, 2.75) is 18.5 Å². The molecular formula is C23H21N3O2S2. The topological polar surface area (TPSA) is 64.0 Å². The van der Waals surface area contributed by atoms with E-state index in [1.165, 1.54) is 28.7 Å². The first-order valence-corrected chi connectivity index (χ1v) is 11.5. The van der Waals surface area contributed by atoms with Crippen molar-refractivity contribution in [1.29, 1.82) is 0 Å². The smallest absolute Gasteiger partial charge is 0.267 e. The molecule has 4 rings (SSSR count). The summed E-state index contributed by atoms with van der Waals surface area (Å²) in [5, 5.41) is 5.94. The van der Waals surface area contributed by atoms with Crippen molar-refractivity contribution in [2.24, 2.45) is 0 Å².